The number of ether oxygens (including phenoxy) is 2. The lowest BCUT2D eigenvalue weighted by atomic mass is 10.2. The minimum atomic E-state index is 0. The van der Waals surface area contributed by atoms with Gasteiger partial charge in [0.25, 0.3) is 0 Å². The minimum absolute atomic E-state index is 0. The maximum Gasteiger partial charge on any atom is 0.161 e. The molecule has 3 nitrogen and oxygen atoms in total. The second-order valence-electron chi connectivity index (χ2n) is 3.84. The smallest absolute Gasteiger partial charge is 0.161 e. The number of nitrogens with one attached hydrogen (secondary N) is 1. The molecule has 1 aliphatic carbocycles. The monoisotopic (exact) mass is 243 g/mol. The number of hydrogen-bond donors (Lipinski definition) is 1. The van der Waals surface area contributed by atoms with Crippen LogP contribution in [0.1, 0.15) is 18.4 Å². The topological polar surface area (TPSA) is 30.5 Å². The molecule has 90 valence electrons. The molecule has 1 N–H and O–H groups in total. The van der Waals surface area contributed by atoms with Gasteiger partial charge in [-0.15, -0.1) is 12.4 Å². The average Bonchev–Trinajstić information content (AvgIpc) is 3.09. The molecule has 0 aromatic heterocycles. The van der Waals surface area contributed by atoms with Crippen molar-refractivity contribution in [3.05, 3.63) is 23.8 Å². The third kappa shape index (κ3) is 3.29. The van der Waals surface area contributed by atoms with Gasteiger partial charge < -0.3 is 14.8 Å². The largest absolute Gasteiger partial charge is 0.493 e. The summed E-state index contributed by atoms with van der Waals surface area (Å²) in [5, 5.41) is 3.47. The molecule has 0 heterocycles. The fourth-order valence-electron chi connectivity index (χ4n) is 1.54. The molecule has 0 saturated heterocycles. The van der Waals surface area contributed by atoms with Crippen molar-refractivity contribution < 1.29 is 9.47 Å². The first-order valence-electron chi connectivity index (χ1n) is 5.28. The van der Waals surface area contributed by atoms with Gasteiger partial charge in [-0.1, -0.05) is 6.07 Å². The summed E-state index contributed by atoms with van der Waals surface area (Å²) in [7, 11) is 3.32. The first-order chi connectivity index (χ1) is 7.33. The maximum atomic E-state index is 5.25. The van der Waals surface area contributed by atoms with Crippen LogP contribution >= 0.6 is 12.4 Å². The molecule has 0 unspecified atom stereocenters. The standard InChI is InChI=1S/C12H17NO2.ClH/c1-14-11-6-3-9(7-12(11)15-2)8-13-10-4-5-10;/h3,6-7,10,13H,4-5,8H2,1-2H3;1H. The highest BCUT2D eigenvalue weighted by Crippen LogP contribution is 2.28. The van der Waals surface area contributed by atoms with E-state index in [0.717, 1.165) is 24.1 Å². The molecule has 2 rings (SSSR count). The Kier molecular flexibility index (Phi) is 4.90. The molecular formula is C12H18ClNO2. The van der Waals surface area contributed by atoms with Gasteiger partial charge in [0.1, 0.15) is 0 Å². The molecule has 0 atom stereocenters. The number of methoxy groups -OCH3 is 2. The SMILES string of the molecule is COc1ccc(CNC2CC2)cc1OC.Cl. The van der Waals surface area contributed by atoms with Crippen LogP contribution in [0.4, 0.5) is 0 Å². The van der Waals surface area contributed by atoms with Gasteiger partial charge in [-0.25, -0.2) is 0 Å². The van der Waals surface area contributed by atoms with Crippen molar-refractivity contribution >= 4 is 12.4 Å². The van der Waals surface area contributed by atoms with Crippen molar-refractivity contribution in [1.82, 2.24) is 5.32 Å². The van der Waals surface area contributed by atoms with E-state index in [1.807, 2.05) is 12.1 Å². The summed E-state index contributed by atoms with van der Waals surface area (Å²) in [5.74, 6) is 1.58. The van der Waals surface area contributed by atoms with Gasteiger partial charge in [0.05, 0.1) is 14.2 Å². The van der Waals surface area contributed by atoms with Crippen LogP contribution in [0.15, 0.2) is 18.2 Å². The fraction of sp³-hybridized carbons (Fsp3) is 0.500. The van der Waals surface area contributed by atoms with Crippen LogP contribution < -0.4 is 14.8 Å². The zero-order chi connectivity index (χ0) is 10.7. The van der Waals surface area contributed by atoms with Crippen LogP contribution in [0, 0.1) is 0 Å². The van der Waals surface area contributed by atoms with Crippen LogP contribution in [-0.4, -0.2) is 20.3 Å². The van der Waals surface area contributed by atoms with Gasteiger partial charge in [0.15, 0.2) is 11.5 Å². The van der Waals surface area contributed by atoms with Gasteiger partial charge in [0, 0.05) is 12.6 Å². The van der Waals surface area contributed by atoms with Gasteiger partial charge >= 0.3 is 0 Å². The summed E-state index contributed by atoms with van der Waals surface area (Å²) in [6.45, 7) is 0.908. The summed E-state index contributed by atoms with van der Waals surface area (Å²) < 4.78 is 10.4. The normalized spacial score (nSPS) is 14.1. The van der Waals surface area contributed by atoms with E-state index in [1.54, 1.807) is 14.2 Å². The predicted octanol–water partition coefficient (Wildman–Crippen LogP) is 2.38. The Balaban J connectivity index is 0.00000128. The number of hydrogen-bond acceptors (Lipinski definition) is 3. The van der Waals surface area contributed by atoms with E-state index >= 15 is 0 Å². The third-order valence-corrected chi connectivity index (χ3v) is 2.62. The van der Waals surface area contributed by atoms with Crippen LogP contribution in [-0.2, 0) is 6.54 Å². The molecule has 1 aromatic rings. The van der Waals surface area contributed by atoms with Crippen LogP contribution in [0.2, 0.25) is 0 Å². The minimum Gasteiger partial charge on any atom is -0.493 e. The Hall–Kier alpha value is -0.930. The van der Waals surface area contributed by atoms with Crippen LogP contribution in [0.5, 0.6) is 11.5 Å². The third-order valence-electron chi connectivity index (χ3n) is 2.62. The van der Waals surface area contributed by atoms with Crippen LogP contribution in [0.3, 0.4) is 0 Å². The lowest BCUT2D eigenvalue weighted by Gasteiger charge is -2.09. The number of benzene rings is 1. The van der Waals surface area contributed by atoms with E-state index in [0.29, 0.717) is 0 Å². The van der Waals surface area contributed by atoms with Crippen molar-refractivity contribution in [2.75, 3.05) is 14.2 Å². The van der Waals surface area contributed by atoms with E-state index < -0.39 is 0 Å². The maximum absolute atomic E-state index is 5.25. The summed E-state index contributed by atoms with van der Waals surface area (Å²) in [6.07, 6.45) is 2.63. The van der Waals surface area contributed by atoms with Crippen molar-refractivity contribution in [2.24, 2.45) is 0 Å². The van der Waals surface area contributed by atoms with Crippen molar-refractivity contribution in [1.29, 1.82) is 0 Å². The predicted molar refractivity (Wildman–Crippen MR) is 66.7 cm³/mol. The summed E-state index contributed by atoms with van der Waals surface area (Å²) in [6, 6.07) is 6.77. The molecule has 0 amide bonds. The Morgan fingerprint density at radius 2 is 1.88 bits per heavy atom. The molecule has 0 spiro atoms. The highest BCUT2D eigenvalue weighted by Gasteiger charge is 2.20. The first-order valence-corrected chi connectivity index (χ1v) is 5.28. The molecule has 0 aliphatic heterocycles. The molecule has 1 aromatic carbocycles. The van der Waals surface area contributed by atoms with Gasteiger partial charge in [0.2, 0.25) is 0 Å². The molecule has 0 radical (unpaired) electrons. The van der Waals surface area contributed by atoms with E-state index in [2.05, 4.69) is 11.4 Å². The Bertz CT molecular complexity index is 340. The van der Waals surface area contributed by atoms with E-state index in [-0.39, 0.29) is 12.4 Å². The molecule has 0 bridgehead atoms. The zero-order valence-electron chi connectivity index (χ0n) is 9.66. The van der Waals surface area contributed by atoms with Gasteiger partial charge in [-0.2, -0.15) is 0 Å². The average molecular weight is 244 g/mol. The fourth-order valence-corrected chi connectivity index (χ4v) is 1.54. The molecule has 1 aliphatic rings. The highest BCUT2D eigenvalue weighted by atomic mass is 35.5. The van der Waals surface area contributed by atoms with Crippen molar-refractivity contribution in [3.63, 3.8) is 0 Å². The zero-order valence-corrected chi connectivity index (χ0v) is 10.5. The summed E-state index contributed by atoms with van der Waals surface area (Å²) >= 11 is 0. The lowest BCUT2D eigenvalue weighted by molar-refractivity contribution is 0.354. The van der Waals surface area contributed by atoms with Crippen molar-refractivity contribution in [3.8, 4) is 11.5 Å². The van der Waals surface area contributed by atoms with E-state index in [4.69, 9.17) is 9.47 Å². The van der Waals surface area contributed by atoms with Crippen molar-refractivity contribution in [2.45, 2.75) is 25.4 Å². The second-order valence-corrected chi connectivity index (χ2v) is 3.84. The molecular weight excluding hydrogens is 226 g/mol. The summed E-state index contributed by atoms with van der Waals surface area (Å²) in [5.41, 5.74) is 1.24. The first kappa shape index (κ1) is 13.1. The van der Waals surface area contributed by atoms with Gasteiger partial charge in [-0.05, 0) is 30.5 Å². The Morgan fingerprint density at radius 1 is 1.19 bits per heavy atom. The molecule has 4 heteroatoms. The number of rotatable bonds is 5. The van der Waals surface area contributed by atoms with Crippen LogP contribution in [0.25, 0.3) is 0 Å². The molecule has 1 saturated carbocycles. The molecule has 16 heavy (non-hydrogen) atoms. The second kappa shape index (κ2) is 5.97. The lowest BCUT2D eigenvalue weighted by Crippen LogP contribution is -2.15. The molecule has 1 fully saturated rings. The van der Waals surface area contributed by atoms with Gasteiger partial charge in [-0.3, -0.25) is 0 Å². The van der Waals surface area contributed by atoms with E-state index in [9.17, 15) is 0 Å². The summed E-state index contributed by atoms with van der Waals surface area (Å²) in [4.78, 5) is 0. The Labute approximate surface area is 103 Å². The Morgan fingerprint density at radius 3 is 2.44 bits per heavy atom. The highest BCUT2D eigenvalue weighted by molar-refractivity contribution is 5.85. The quantitative estimate of drug-likeness (QED) is 0.862. The number of halogens is 1. The van der Waals surface area contributed by atoms with E-state index in [1.165, 1.54) is 18.4 Å².